The Labute approximate surface area is 64.6 Å². The van der Waals surface area contributed by atoms with Gasteiger partial charge in [0.15, 0.2) is 5.38 Å². The largest absolute Gasteiger partial charge is 0.500 e. The Morgan fingerprint density at radius 3 is 2.30 bits per heavy atom. The molecule has 58 valence electrons. The van der Waals surface area contributed by atoms with Crippen molar-refractivity contribution >= 4 is 17.6 Å². The second kappa shape index (κ2) is 4.17. The fourth-order valence-corrected chi connectivity index (χ4v) is 0.517. The Morgan fingerprint density at radius 2 is 2.00 bits per heavy atom. The van der Waals surface area contributed by atoms with Crippen LogP contribution in [0.15, 0.2) is 12.3 Å². The fraction of sp³-hybridized carbons (Fsp3) is 0.500. The number of ether oxygens (including phenoxy) is 2. The van der Waals surface area contributed by atoms with Crippen LogP contribution in [0.3, 0.4) is 0 Å². The van der Waals surface area contributed by atoms with E-state index in [0.717, 1.165) is 0 Å². The molecule has 0 heterocycles. The van der Waals surface area contributed by atoms with Crippen LogP contribution in [0.25, 0.3) is 0 Å². The maximum Gasteiger partial charge on any atom is 0.331 e. The predicted octanol–water partition coefficient (Wildman–Crippen LogP) is 0.927. The van der Waals surface area contributed by atoms with Crippen LogP contribution in [0, 0.1) is 0 Å². The van der Waals surface area contributed by atoms with E-state index >= 15 is 0 Å². The highest BCUT2D eigenvalue weighted by molar-refractivity contribution is 6.31. The van der Waals surface area contributed by atoms with E-state index in [-0.39, 0.29) is 5.76 Å². The van der Waals surface area contributed by atoms with Crippen LogP contribution in [0.4, 0.5) is 0 Å². The lowest BCUT2D eigenvalue weighted by Crippen LogP contribution is -2.18. The summed E-state index contributed by atoms with van der Waals surface area (Å²) in [7, 11) is 2.64. The molecule has 0 aromatic carbocycles. The quantitative estimate of drug-likeness (QED) is 0.354. The molecule has 0 aliphatic heterocycles. The summed E-state index contributed by atoms with van der Waals surface area (Å²) >= 11 is 5.48. The van der Waals surface area contributed by atoms with E-state index in [4.69, 9.17) is 11.6 Å². The van der Waals surface area contributed by atoms with Crippen LogP contribution in [0.2, 0.25) is 0 Å². The van der Waals surface area contributed by atoms with Crippen LogP contribution in [-0.2, 0) is 14.3 Å². The van der Waals surface area contributed by atoms with E-state index in [1.165, 1.54) is 14.2 Å². The highest BCUT2D eigenvalue weighted by Gasteiger charge is 2.19. The molecule has 0 aliphatic rings. The van der Waals surface area contributed by atoms with Gasteiger partial charge in [-0.15, -0.1) is 11.6 Å². The van der Waals surface area contributed by atoms with Crippen molar-refractivity contribution in [2.24, 2.45) is 0 Å². The summed E-state index contributed by atoms with van der Waals surface area (Å²) in [6, 6.07) is 0. The van der Waals surface area contributed by atoms with Crippen molar-refractivity contribution < 1.29 is 14.3 Å². The zero-order valence-electron chi connectivity index (χ0n) is 5.89. The van der Waals surface area contributed by atoms with Crippen LogP contribution >= 0.6 is 11.6 Å². The molecule has 0 saturated carbocycles. The van der Waals surface area contributed by atoms with Crippen molar-refractivity contribution in [2.75, 3.05) is 14.2 Å². The lowest BCUT2D eigenvalue weighted by atomic mass is 10.4. The molecule has 4 heteroatoms. The average molecular weight is 165 g/mol. The molecule has 3 nitrogen and oxygen atoms in total. The van der Waals surface area contributed by atoms with Gasteiger partial charge in [0.05, 0.1) is 14.2 Å². The number of methoxy groups -OCH3 is 2. The molecule has 0 fully saturated rings. The summed E-state index contributed by atoms with van der Waals surface area (Å²) in [5.74, 6) is -0.373. The minimum Gasteiger partial charge on any atom is -0.500 e. The lowest BCUT2D eigenvalue weighted by molar-refractivity contribution is -0.140. The molecule has 0 rings (SSSR count). The van der Waals surface area contributed by atoms with E-state index < -0.39 is 11.3 Å². The van der Waals surface area contributed by atoms with Crippen LogP contribution in [0.1, 0.15) is 0 Å². The molecule has 10 heavy (non-hydrogen) atoms. The highest BCUT2D eigenvalue weighted by atomic mass is 35.5. The minimum absolute atomic E-state index is 0.188. The molecule has 0 aliphatic carbocycles. The second-order valence-electron chi connectivity index (χ2n) is 1.56. The topological polar surface area (TPSA) is 35.5 Å². The number of alkyl halides is 1. The van der Waals surface area contributed by atoms with Crippen LogP contribution in [0.5, 0.6) is 0 Å². The monoisotopic (exact) mass is 164 g/mol. The van der Waals surface area contributed by atoms with Gasteiger partial charge in [-0.1, -0.05) is 6.58 Å². The fourth-order valence-electron chi connectivity index (χ4n) is 0.338. The average Bonchev–Trinajstić information content (AvgIpc) is 2.00. The Bertz CT molecular complexity index is 128. The Balaban J connectivity index is 3.94. The van der Waals surface area contributed by atoms with Gasteiger partial charge in [0.1, 0.15) is 5.76 Å². The number of rotatable bonds is 3. The van der Waals surface area contributed by atoms with Crippen molar-refractivity contribution in [1.29, 1.82) is 0 Å². The normalized spacial score (nSPS) is 11.9. The molecule has 0 bridgehead atoms. The van der Waals surface area contributed by atoms with E-state index in [9.17, 15) is 4.79 Å². The molecule has 1 atom stereocenters. The van der Waals surface area contributed by atoms with Crippen LogP contribution in [-0.4, -0.2) is 25.6 Å². The van der Waals surface area contributed by atoms with Gasteiger partial charge < -0.3 is 9.47 Å². The third-order valence-electron chi connectivity index (χ3n) is 0.953. The lowest BCUT2D eigenvalue weighted by Gasteiger charge is -2.07. The van der Waals surface area contributed by atoms with Crippen molar-refractivity contribution in [3.05, 3.63) is 12.3 Å². The second-order valence-corrected chi connectivity index (χ2v) is 1.99. The molecule has 0 aromatic rings. The van der Waals surface area contributed by atoms with Gasteiger partial charge in [0.2, 0.25) is 0 Å². The number of carbonyl (C=O) groups excluding carboxylic acids is 1. The highest BCUT2D eigenvalue weighted by Crippen LogP contribution is 2.09. The summed E-state index contributed by atoms with van der Waals surface area (Å²) in [6.45, 7) is 3.39. The molecular weight excluding hydrogens is 156 g/mol. The number of halogens is 1. The first-order valence-corrected chi connectivity index (χ1v) is 3.01. The van der Waals surface area contributed by atoms with Gasteiger partial charge in [-0.2, -0.15) is 0 Å². The number of carbonyl (C=O) groups is 1. The van der Waals surface area contributed by atoms with Gasteiger partial charge in [-0.25, -0.2) is 4.79 Å². The Kier molecular flexibility index (Phi) is 3.88. The Morgan fingerprint density at radius 1 is 1.50 bits per heavy atom. The van der Waals surface area contributed by atoms with E-state index in [1.807, 2.05) is 0 Å². The minimum atomic E-state index is -0.907. The number of hydrogen-bond acceptors (Lipinski definition) is 3. The third-order valence-corrected chi connectivity index (χ3v) is 1.37. The standard InChI is InChI=1S/C6H9ClO3/c1-4(9-2)5(7)6(8)10-3/h5H,1H2,2-3H3/t5-/m1/s1. The number of hydrogen-bond donors (Lipinski definition) is 0. The maximum absolute atomic E-state index is 10.6. The van der Waals surface area contributed by atoms with Gasteiger partial charge >= 0.3 is 5.97 Å². The van der Waals surface area contributed by atoms with Crippen molar-refractivity contribution in [1.82, 2.24) is 0 Å². The molecule has 0 saturated heterocycles. The van der Waals surface area contributed by atoms with Gasteiger partial charge in [-0.05, 0) is 0 Å². The molecule has 0 amide bonds. The van der Waals surface area contributed by atoms with Gasteiger partial charge in [0, 0.05) is 0 Å². The van der Waals surface area contributed by atoms with Crippen molar-refractivity contribution in [2.45, 2.75) is 5.38 Å². The molecular formula is C6H9ClO3. The first-order chi connectivity index (χ1) is 4.63. The predicted molar refractivity (Wildman–Crippen MR) is 37.8 cm³/mol. The van der Waals surface area contributed by atoms with Gasteiger partial charge in [-0.3, -0.25) is 0 Å². The molecule has 0 aromatic heterocycles. The van der Waals surface area contributed by atoms with E-state index in [2.05, 4.69) is 16.1 Å². The summed E-state index contributed by atoms with van der Waals surface area (Å²) in [6.07, 6.45) is 0. The first kappa shape index (κ1) is 9.30. The van der Waals surface area contributed by atoms with Gasteiger partial charge in [0.25, 0.3) is 0 Å². The SMILES string of the molecule is C=C(OC)[C@@H](Cl)C(=O)OC. The first-order valence-electron chi connectivity index (χ1n) is 2.58. The van der Waals surface area contributed by atoms with Crippen molar-refractivity contribution in [3.63, 3.8) is 0 Å². The van der Waals surface area contributed by atoms with Crippen molar-refractivity contribution in [3.8, 4) is 0 Å². The number of esters is 1. The Hall–Kier alpha value is -0.700. The molecule has 0 unspecified atom stereocenters. The van der Waals surface area contributed by atoms with Crippen LogP contribution < -0.4 is 0 Å². The summed E-state index contributed by atoms with van der Waals surface area (Å²) < 4.78 is 8.93. The summed E-state index contributed by atoms with van der Waals surface area (Å²) in [4.78, 5) is 10.6. The van der Waals surface area contributed by atoms with E-state index in [1.54, 1.807) is 0 Å². The molecule has 0 N–H and O–H groups in total. The smallest absolute Gasteiger partial charge is 0.331 e. The zero-order valence-corrected chi connectivity index (χ0v) is 6.64. The molecule has 0 spiro atoms. The molecule has 0 radical (unpaired) electrons. The zero-order chi connectivity index (χ0) is 8.15. The van der Waals surface area contributed by atoms with E-state index in [0.29, 0.717) is 0 Å². The summed E-state index contributed by atoms with van der Waals surface area (Å²) in [5, 5.41) is -0.907. The third kappa shape index (κ3) is 2.27. The summed E-state index contributed by atoms with van der Waals surface area (Å²) in [5.41, 5.74) is 0. The maximum atomic E-state index is 10.6.